The van der Waals surface area contributed by atoms with Gasteiger partial charge in [0.15, 0.2) is 0 Å². The van der Waals surface area contributed by atoms with Crippen molar-refractivity contribution >= 4 is 5.97 Å². The summed E-state index contributed by atoms with van der Waals surface area (Å²) in [5.41, 5.74) is 0. The number of carboxylic acid groups (broad SMARTS) is 1. The Balaban J connectivity index is 1.98. The lowest BCUT2D eigenvalue weighted by Gasteiger charge is -2.09. The summed E-state index contributed by atoms with van der Waals surface area (Å²) in [6.07, 6.45) is 0. The molecule has 1 unspecified atom stereocenters. The fourth-order valence-corrected chi connectivity index (χ4v) is 2.10. The van der Waals surface area contributed by atoms with E-state index in [1.54, 1.807) is 0 Å². The van der Waals surface area contributed by atoms with Gasteiger partial charge < -0.3 is 10.0 Å². The van der Waals surface area contributed by atoms with Crippen LogP contribution in [0, 0.1) is 17.8 Å². The van der Waals surface area contributed by atoms with Crippen molar-refractivity contribution in [3.63, 3.8) is 0 Å². The molecule has 1 N–H and O–H groups in total. The molecule has 56 valence electrons. The second-order valence-electron chi connectivity index (χ2n) is 3.41. The van der Waals surface area contributed by atoms with Crippen molar-refractivity contribution in [2.24, 2.45) is 17.8 Å². The first-order valence-corrected chi connectivity index (χ1v) is 3.61. The molecule has 3 nitrogen and oxygen atoms in total. The quantitative estimate of drug-likeness (QED) is 0.553. The molecule has 2 rings (SSSR count). The second-order valence-corrected chi connectivity index (χ2v) is 3.41. The molecule has 0 amide bonds. The molecule has 0 radical (unpaired) electrons. The van der Waals surface area contributed by atoms with E-state index in [0.29, 0.717) is 11.8 Å². The van der Waals surface area contributed by atoms with Crippen molar-refractivity contribution in [1.82, 2.24) is 4.90 Å². The number of hydrogen-bond donors (Lipinski definition) is 1. The molecule has 3 heteroatoms. The fourth-order valence-electron chi connectivity index (χ4n) is 2.10. The van der Waals surface area contributed by atoms with E-state index in [4.69, 9.17) is 5.11 Å². The molecule has 1 saturated carbocycles. The topological polar surface area (TPSA) is 40.5 Å². The molecule has 0 bridgehead atoms. The summed E-state index contributed by atoms with van der Waals surface area (Å²) < 4.78 is 0. The molecule has 1 saturated heterocycles. The van der Waals surface area contributed by atoms with E-state index >= 15 is 0 Å². The number of carbonyl (C=O) groups is 1. The molecule has 1 aliphatic heterocycles. The highest BCUT2D eigenvalue weighted by molar-refractivity contribution is 5.74. The van der Waals surface area contributed by atoms with Gasteiger partial charge >= 0.3 is 5.97 Å². The van der Waals surface area contributed by atoms with E-state index in [0.717, 1.165) is 13.1 Å². The highest BCUT2D eigenvalue weighted by atomic mass is 16.4. The molecule has 1 aliphatic carbocycles. The van der Waals surface area contributed by atoms with Gasteiger partial charge in [-0.2, -0.15) is 0 Å². The molecular formula is C7H11NO2. The lowest BCUT2D eigenvalue weighted by atomic mass is 10.3. The SMILES string of the molecule is CN1C[C@@H]2C(C(=O)O)[C@@H]2C1. The third-order valence-corrected chi connectivity index (χ3v) is 2.66. The first-order valence-electron chi connectivity index (χ1n) is 3.61. The van der Waals surface area contributed by atoms with E-state index in [1.165, 1.54) is 0 Å². The van der Waals surface area contributed by atoms with Crippen molar-refractivity contribution < 1.29 is 9.90 Å². The van der Waals surface area contributed by atoms with Crippen molar-refractivity contribution in [3.8, 4) is 0 Å². The number of nitrogens with zero attached hydrogens (tertiary/aromatic N) is 1. The molecule has 0 spiro atoms. The average Bonchev–Trinajstić information content (AvgIpc) is 2.32. The monoisotopic (exact) mass is 141 g/mol. The third-order valence-electron chi connectivity index (χ3n) is 2.66. The minimum Gasteiger partial charge on any atom is -0.481 e. The van der Waals surface area contributed by atoms with Crippen LogP contribution < -0.4 is 0 Å². The Morgan fingerprint density at radius 2 is 2.00 bits per heavy atom. The van der Waals surface area contributed by atoms with Crippen LogP contribution in [-0.2, 0) is 4.79 Å². The first kappa shape index (κ1) is 6.16. The van der Waals surface area contributed by atoms with Crippen LogP contribution in [0.4, 0.5) is 0 Å². The van der Waals surface area contributed by atoms with Crippen LogP contribution in [-0.4, -0.2) is 36.1 Å². The number of likely N-dealkylation sites (tertiary alicyclic amines) is 1. The Kier molecular flexibility index (Phi) is 1.06. The summed E-state index contributed by atoms with van der Waals surface area (Å²) in [4.78, 5) is 12.7. The summed E-state index contributed by atoms with van der Waals surface area (Å²) in [6.45, 7) is 1.98. The Labute approximate surface area is 59.6 Å². The summed E-state index contributed by atoms with van der Waals surface area (Å²) in [5, 5.41) is 8.63. The number of fused-ring (bicyclic) bond motifs is 1. The van der Waals surface area contributed by atoms with Gasteiger partial charge in [-0.15, -0.1) is 0 Å². The molecule has 3 atom stereocenters. The Hall–Kier alpha value is -0.570. The zero-order valence-electron chi connectivity index (χ0n) is 5.95. The average molecular weight is 141 g/mol. The van der Waals surface area contributed by atoms with Crippen LogP contribution in [0.1, 0.15) is 0 Å². The molecule has 1 heterocycles. The lowest BCUT2D eigenvalue weighted by molar-refractivity contribution is -0.139. The van der Waals surface area contributed by atoms with E-state index < -0.39 is 5.97 Å². The number of carboxylic acids is 1. The fraction of sp³-hybridized carbons (Fsp3) is 0.857. The highest BCUT2D eigenvalue weighted by Crippen LogP contribution is 2.51. The van der Waals surface area contributed by atoms with Crippen LogP contribution in [0.5, 0.6) is 0 Å². The molecule has 0 aromatic heterocycles. The third kappa shape index (κ3) is 0.669. The van der Waals surface area contributed by atoms with Gasteiger partial charge in [0.25, 0.3) is 0 Å². The Bertz CT molecular complexity index is 168. The predicted molar refractivity (Wildman–Crippen MR) is 35.6 cm³/mol. The van der Waals surface area contributed by atoms with Crippen LogP contribution in [0.25, 0.3) is 0 Å². The van der Waals surface area contributed by atoms with Gasteiger partial charge in [-0.3, -0.25) is 4.79 Å². The predicted octanol–water partition coefficient (Wildman–Crippen LogP) is -0.121. The largest absolute Gasteiger partial charge is 0.481 e. The van der Waals surface area contributed by atoms with E-state index in [9.17, 15) is 4.79 Å². The second kappa shape index (κ2) is 1.72. The van der Waals surface area contributed by atoms with Gasteiger partial charge in [-0.1, -0.05) is 0 Å². The molecule has 2 fully saturated rings. The first-order chi connectivity index (χ1) is 4.70. The van der Waals surface area contributed by atoms with Gasteiger partial charge in [-0.05, 0) is 18.9 Å². The number of aliphatic carboxylic acids is 1. The summed E-state index contributed by atoms with van der Waals surface area (Å²) >= 11 is 0. The number of piperidine rings is 1. The van der Waals surface area contributed by atoms with Gasteiger partial charge in [0.2, 0.25) is 0 Å². The Morgan fingerprint density at radius 1 is 1.50 bits per heavy atom. The maximum Gasteiger partial charge on any atom is 0.307 e. The number of hydrogen-bond acceptors (Lipinski definition) is 2. The van der Waals surface area contributed by atoms with Gasteiger partial charge in [0, 0.05) is 13.1 Å². The molecule has 10 heavy (non-hydrogen) atoms. The summed E-state index contributed by atoms with van der Waals surface area (Å²) in [6, 6.07) is 0. The van der Waals surface area contributed by atoms with Gasteiger partial charge in [-0.25, -0.2) is 0 Å². The van der Waals surface area contributed by atoms with Crippen LogP contribution >= 0.6 is 0 Å². The summed E-state index contributed by atoms with van der Waals surface area (Å²) in [7, 11) is 2.05. The molecule has 0 aromatic carbocycles. The molecule has 0 aromatic rings. The van der Waals surface area contributed by atoms with Gasteiger partial charge in [0.05, 0.1) is 5.92 Å². The van der Waals surface area contributed by atoms with Crippen molar-refractivity contribution in [3.05, 3.63) is 0 Å². The zero-order valence-corrected chi connectivity index (χ0v) is 5.95. The van der Waals surface area contributed by atoms with Crippen molar-refractivity contribution in [2.75, 3.05) is 20.1 Å². The maximum atomic E-state index is 10.5. The van der Waals surface area contributed by atoms with Gasteiger partial charge in [0.1, 0.15) is 0 Å². The van der Waals surface area contributed by atoms with E-state index in [2.05, 4.69) is 4.90 Å². The lowest BCUT2D eigenvalue weighted by Crippen LogP contribution is -2.21. The smallest absolute Gasteiger partial charge is 0.307 e. The van der Waals surface area contributed by atoms with Crippen molar-refractivity contribution in [1.29, 1.82) is 0 Å². The minimum absolute atomic E-state index is 0.00352. The molecular weight excluding hydrogens is 130 g/mol. The van der Waals surface area contributed by atoms with Crippen LogP contribution in [0.15, 0.2) is 0 Å². The van der Waals surface area contributed by atoms with E-state index in [-0.39, 0.29) is 5.92 Å². The summed E-state index contributed by atoms with van der Waals surface area (Å²) in [5.74, 6) is 0.351. The van der Waals surface area contributed by atoms with Crippen LogP contribution in [0.2, 0.25) is 0 Å². The number of rotatable bonds is 1. The maximum absolute atomic E-state index is 10.5. The Morgan fingerprint density at radius 3 is 2.40 bits per heavy atom. The molecule has 2 aliphatic rings. The highest BCUT2D eigenvalue weighted by Gasteiger charge is 2.58. The van der Waals surface area contributed by atoms with Crippen molar-refractivity contribution in [2.45, 2.75) is 0 Å². The minimum atomic E-state index is -0.594. The van der Waals surface area contributed by atoms with Crippen LogP contribution in [0.3, 0.4) is 0 Å². The standard InChI is InChI=1S/C7H11NO2/c1-8-2-4-5(3-8)6(4)7(9)10/h4-6H,2-3H2,1H3,(H,9,10)/t4-,5+,6?. The normalized spacial score (nSPS) is 45.1. The zero-order chi connectivity index (χ0) is 7.30. The van der Waals surface area contributed by atoms with E-state index in [1.807, 2.05) is 7.05 Å².